The van der Waals surface area contributed by atoms with Crippen LogP contribution in [0, 0.1) is 0 Å². The minimum atomic E-state index is -4.15. The molecule has 0 saturated heterocycles. The highest BCUT2D eigenvalue weighted by Gasteiger charge is 2.35. The Balaban J connectivity index is 1.20. The van der Waals surface area contributed by atoms with E-state index in [-0.39, 0.29) is 18.5 Å². The fraction of sp³-hybridized carbons (Fsp3) is 0.385. The molecular weight excluding hydrogens is 493 g/mol. The van der Waals surface area contributed by atoms with Gasteiger partial charge in [0.15, 0.2) is 11.5 Å². The summed E-state index contributed by atoms with van der Waals surface area (Å²) in [5.74, 6) is 1.00. The molecule has 1 fully saturated rings. The number of anilines is 1. The first-order chi connectivity index (χ1) is 17.7. The molecule has 3 N–H and O–H groups in total. The highest BCUT2D eigenvalue weighted by molar-refractivity contribution is 7.47. The van der Waals surface area contributed by atoms with Gasteiger partial charge < -0.3 is 15.4 Å². The summed E-state index contributed by atoms with van der Waals surface area (Å²) < 4.78 is 29.1. The SMILES string of the molecule is CC1(C)Oc2ncnc(N)c2N=C1c1ccc(C2CCC(OP(=O)(O)OCc3cccnc3)CC2)cc1. The van der Waals surface area contributed by atoms with Gasteiger partial charge in [-0.05, 0) is 62.6 Å². The van der Waals surface area contributed by atoms with Crippen molar-refractivity contribution in [1.29, 1.82) is 0 Å². The summed E-state index contributed by atoms with van der Waals surface area (Å²) >= 11 is 0. The van der Waals surface area contributed by atoms with Gasteiger partial charge in [-0.3, -0.25) is 14.0 Å². The van der Waals surface area contributed by atoms with E-state index < -0.39 is 13.4 Å². The lowest BCUT2D eigenvalue weighted by Gasteiger charge is -2.32. The Labute approximate surface area is 215 Å². The number of phosphoric acid groups is 1. The molecule has 10 nitrogen and oxygen atoms in total. The first-order valence-corrected chi connectivity index (χ1v) is 13.7. The molecule has 1 aromatic carbocycles. The number of pyridine rings is 1. The summed E-state index contributed by atoms with van der Waals surface area (Å²) in [6, 6.07) is 11.8. The van der Waals surface area contributed by atoms with Gasteiger partial charge in [0.05, 0.1) is 18.4 Å². The molecule has 1 aliphatic heterocycles. The lowest BCUT2D eigenvalue weighted by Crippen LogP contribution is -2.41. The second-order valence-corrected chi connectivity index (χ2v) is 11.2. The molecule has 0 spiro atoms. The van der Waals surface area contributed by atoms with Gasteiger partial charge in [0.1, 0.15) is 11.9 Å². The monoisotopic (exact) mass is 523 g/mol. The molecule has 2 aromatic heterocycles. The van der Waals surface area contributed by atoms with Gasteiger partial charge in [-0.1, -0.05) is 30.3 Å². The lowest BCUT2D eigenvalue weighted by molar-refractivity contribution is 0.0755. The Kier molecular flexibility index (Phi) is 7.09. The fourth-order valence-electron chi connectivity index (χ4n) is 4.78. The van der Waals surface area contributed by atoms with Crippen LogP contribution in [0.4, 0.5) is 11.5 Å². The molecule has 194 valence electrons. The van der Waals surface area contributed by atoms with Crippen LogP contribution in [0.25, 0.3) is 0 Å². The zero-order valence-corrected chi connectivity index (χ0v) is 21.7. The maximum atomic E-state index is 12.4. The van der Waals surface area contributed by atoms with Gasteiger partial charge in [-0.25, -0.2) is 14.5 Å². The van der Waals surface area contributed by atoms with E-state index in [1.807, 2.05) is 26.0 Å². The second kappa shape index (κ2) is 10.3. The van der Waals surface area contributed by atoms with E-state index in [0.717, 1.165) is 24.1 Å². The van der Waals surface area contributed by atoms with Crippen molar-refractivity contribution in [1.82, 2.24) is 15.0 Å². The second-order valence-electron chi connectivity index (χ2n) is 9.79. The highest BCUT2D eigenvalue weighted by Crippen LogP contribution is 2.48. The number of fused-ring (bicyclic) bond motifs is 1. The number of hydrogen-bond donors (Lipinski definition) is 2. The first kappa shape index (κ1) is 25.5. The summed E-state index contributed by atoms with van der Waals surface area (Å²) in [4.78, 5) is 27.0. The first-order valence-electron chi connectivity index (χ1n) is 12.2. The molecule has 3 heterocycles. The van der Waals surface area contributed by atoms with Crippen molar-refractivity contribution in [2.75, 3.05) is 5.73 Å². The molecule has 3 aromatic rings. The van der Waals surface area contributed by atoms with Gasteiger partial charge in [-0.2, -0.15) is 4.98 Å². The van der Waals surface area contributed by atoms with Gasteiger partial charge in [0.25, 0.3) is 0 Å². The van der Waals surface area contributed by atoms with Crippen molar-refractivity contribution in [2.45, 2.75) is 63.8 Å². The third kappa shape index (κ3) is 5.88. The number of nitrogens with zero attached hydrogens (tertiary/aromatic N) is 4. The van der Waals surface area contributed by atoms with Crippen LogP contribution < -0.4 is 10.5 Å². The van der Waals surface area contributed by atoms with Crippen molar-refractivity contribution in [3.63, 3.8) is 0 Å². The molecule has 1 saturated carbocycles. The third-order valence-corrected chi connectivity index (χ3v) is 7.71. The highest BCUT2D eigenvalue weighted by atomic mass is 31.2. The van der Waals surface area contributed by atoms with Crippen molar-refractivity contribution in [3.05, 3.63) is 71.8 Å². The fourth-order valence-corrected chi connectivity index (χ4v) is 5.74. The van der Waals surface area contributed by atoms with E-state index >= 15 is 0 Å². The quantitative estimate of drug-likeness (QED) is 0.404. The average molecular weight is 524 g/mol. The zero-order chi connectivity index (χ0) is 26.0. The number of hydrogen-bond acceptors (Lipinski definition) is 9. The van der Waals surface area contributed by atoms with Crippen molar-refractivity contribution in [2.24, 2.45) is 4.99 Å². The van der Waals surface area contributed by atoms with Crippen LogP contribution in [0.3, 0.4) is 0 Å². The van der Waals surface area contributed by atoms with Crippen LogP contribution in [0.1, 0.15) is 62.1 Å². The van der Waals surface area contributed by atoms with E-state index in [9.17, 15) is 9.46 Å². The number of phosphoric ester groups is 1. The van der Waals surface area contributed by atoms with Crippen LogP contribution in [-0.4, -0.2) is 37.3 Å². The zero-order valence-electron chi connectivity index (χ0n) is 20.8. The Hall–Kier alpha value is -3.17. The third-order valence-electron chi connectivity index (χ3n) is 6.69. The molecule has 37 heavy (non-hydrogen) atoms. The molecule has 1 atom stereocenters. The van der Waals surface area contributed by atoms with E-state index in [1.165, 1.54) is 11.9 Å². The van der Waals surface area contributed by atoms with Gasteiger partial charge in [0, 0.05) is 18.0 Å². The Morgan fingerprint density at radius 3 is 2.59 bits per heavy atom. The lowest BCUT2D eigenvalue weighted by atomic mass is 9.82. The van der Waals surface area contributed by atoms with Gasteiger partial charge in [-0.15, -0.1) is 0 Å². The summed E-state index contributed by atoms with van der Waals surface area (Å²) in [6.45, 7) is 3.87. The molecule has 0 amide bonds. The standard InChI is InChI=1S/C26H30N5O5P/c1-26(2)23(31-22-24(27)29-16-30-25(22)35-26)20-7-5-18(6-8-20)19-9-11-21(12-10-19)36-37(32,33)34-15-17-4-3-13-28-14-17/h3-8,13-14,16,19,21H,9-12,15H2,1-2H3,(H,32,33)(H2,27,29,30). The average Bonchev–Trinajstić information content (AvgIpc) is 2.88. The Morgan fingerprint density at radius 2 is 1.89 bits per heavy atom. The largest absolute Gasteiger partial charge is 0.472 e. The van der Waals surface area contributed by atoms with E-state index in [1.54, 1.807) is 24.5 Å². The van der Waals surface area contributed by atoms with Crippen LogP contribution in [0.2, 0.25) is 0 Å². The van der Waals surface area contributed by atoms with Crippen LogP contribution >= 0.6 is 7.82 Å². The number of aliphatic imine (C=N–C) groups is 1. The topological polar surface area (TPSA) is 142 Å². The van der Waals surface area contributed by atoms with Crippen molar-refractivity contribution < 1.29 is 23.2 Å². The van der Waals surface area contributed by atoms with Crippen molar-refractivity contribution in [3.8, 4) is 5.88 Å². The van der Waals surface area contributed by atoms with Crippen LogP contribution in [0.5, 0.6) is 5.88 Å². The molecule has 5 rings (SSSR count). The predicted octanol–water partition coefficient (Wildman–Crippen LogP) is 5.11. The van der Waals surface area contributed by atoms with E-state index in [4.69, 9.17) is 24.5 Å². The number of benzene rings is 1. The summed E-state index contributed by atoms with van der Waals surface area (Å²) in [5, 5.41) is 0. The maximum Gasteiger partial charge on any atom is 0.472 e. The maximum absolute atomic E-state index is 12.4. The number of ether oxygens (including phenoxy) is 1. The summed E-state index contributed by atoms with van der Waals surface area (Å²) in [6.07, 6.45) is 7.33. The molecule has 0 radical (unpaired) electrons. The molecular formula is C26H30N5O5P. The number of rotatable bonds is 7. The minimum absolute atomic E-state index is 0.0261. The Morgan fingerprint density at radius 1 is 1.14 bits per heavy atom. The molecule has 11 heteroatoms. The van der Waals surface area contributed by atoms with Gasteiger partial charge >= 0.3 is 7.82 Å². The van der Waals surface area contributed by atoms with Crippen molar-refractivity contribution >= 4 is 25.0 Å². The molecule has 0 bridgehead atoms. The van der Waals surface area contributed by atoms with Crippen LogP contribution in [0.15, 0.2) is 60.1 Å². The number of nitrogens with two attached hydrogens (primary N) is 1. The smallest absolute Gasteiger partial charge is 0.463 e. The van der Waals surface area contributed by atoms with E-state index in [2.05, 4.69) is 27.1 Å². The summed E-state index contributed by atoms with van der Waals surface area (Å²) in [7, 11) is -4.15. The normalized spacial score (nSPS) is 22.3. The molecule has 2 aliphatic rings. The Bertz CT molecular complexity index is 1320. The summed E-state index contributed by atoms with van der Waals surface area (Å²) in [5.41, 5.74) is 9.38. The number of nitrogen functional groups attached to an aromatic ring is 1. The number of aromatic nitrogens is 3. The minimum Gasteiger partial charge on any atom is -0.463 e. The molecule has 1 aliphatic carbocycles. The predicted molar refractivity (Wildman–Crippen MR) is 139 cm³/mol. The van der Waals surface area contributed by atoms with Crippen LogP contribution in [-0.2, 0) is 20.2 Å². The van der Waals surface area contributed by atoms with E-state index in [0.29, 0.717) is 35.9 Å². The van der Waals surface area contributed by atoms with Gasteiger partial charge in [0.2, 0.25) is 5.88 Å². The molecule has 1 unspecified atom stereocenters.